The van der Waals surface area contributed by atoms with E-state index < -0.39 is 0 Å². The lowest BCUT2D eigenvalue weighted by Gasteiger charge is -2.28. The maximum Gasteiger partial charge on any atom is 0.129 e. The molecule has 0 unspecified atom stereocenters. The summed E-state index contributed by atoms with van der Waals surface area (Å²) in [5.41, 5.74) is 3.98. The lowest BCUT2D eigenvalue weighted by molar-refractivity contribution is 0.725. The third-order valence-corrected chi connectivity index (χ3v) is 4.82. The van der Waals surface area contributed by atoms with Gasteiger partial charge in [0.05, 0.1) is 0 Å². The SMILES string of the molecule is CCc1cc(CNC)cc(N2CCc3sccc3C2)n1. The fourth-order valence-corrected chi connectivity index (χ4v) is 3.62. The number of anilines is 1. The summed E-state index contributed by atoms with van der Waals surface area (Å²) in [5, 5.41) is 5.44. The molecule has 0 saturated carbocycles. The van der Waals surface area contributed by atoms with Crippen molar-refractivity contribution in [3.8, 4) is 0 Å². The van der Waals surface area contributed by atoms with Crippen molar-refractivity contribution in [2.45, 2.75) is 32.9 Å². The Bertz CT molecular complexity index is 591. The molecule has 106 valence electrons. The molecule has 0 aliphatic carbocycles. The fourth-order valence-electron chi connectivity index (χ4n) is 2.73. The van der Waals surface area contributed by atoms with Crippen LogP contribution in [0.1, 0.15) is 28.6 Å². The molecule has 4 heteroatoms. The number of hydrogen-bond donors (Lipinski definition) is 1. The summed E-state index contributed by atoms with van der Waals surface area (Å²) in [5.74, 6) is 1.13. The average Bonchev–Trinajstić information content (AvgIpc) is 2.94. The van der Waals surface area contributed by atoms with Gasteiger partial charge in [-0.05, 0) is 54.6 Å². The Morgan fingerprint density at radius 3 is 3.10 bits per heavy atom. The molecule has 1 N–H and O–H groups in total. The zero-order valence-corrected chi connectivity index (χ0v) is 13.0. The van der Waals surface area contributed by atoms with E-state index in [4.69, 9.17) is 4.98 Å². The molecule has 3 nitrogen and oxygen atoms in total. The third kappa shape index (κ3) is 2.72. The maximum absolute atomic E-state index is 4.82. The van der Waals surface area contributed by atoms with Gasteiger partial charge in [-0.15, -0.1) is 11.3 Å². The van der Waals surface area contributed by atoms with Crippen molar-refractivity contribution >= 4 is 17.2 Å². The van der Waals surface area contributed by atoms with E-state index in [1.165, 1.54) is 16.8 Å². The van der Waals surface area contributed by atoms with Crippen molar-refractivity contribution in [2.75, 3.05) is 18.5 Å². The van der Waals surface area contributed by atoms with Crippen LogP contribution in [-0.2, 0) is 25.9 Å². The van der Waals surface area contributed by atoms with Gasteiger partial charge in [0.15, 0.2) is 0 Å². The van der Waals surface area contributed by atoms with Crippen LogP contribution in [0, 0.1) is 0 Å². The van der Waals surface area contributed by atoms with Gasteiger partial charge in [-0.3, -0.25) is 0 Å². The van der Waals surface area contributed by atoms with Crippen LogP contribution in [0.5, 0.6) is 0 Å². The molecule has 0 fully saturated rings. The molecule has 20 heavy (non-hydrogen) atoms. The minimum Gasteiger partial charge on any atom is -0.352 e. The van der Waals surface area contributed by atoms with Gasteiger partial charge in [0.2, 0.25) is 0 Å². The predicted octanol–water partition coefficient (Wildman–Crippen LogP) is 2.99. The highest BCUT2D eigenvalue weighted by Gasteiger charge is 2.19. The van der Waals surface area contributed by atoms with Crippen LogP contribution in [0.15, 0.2) is 23.6 Å². The molecule has 2 aromatic rings. The average molecular weight is 287 g/mol. The van der Waals surface area contributed by atoms with Crippen LogP contribution in [0.3, 0.4) is 0 Å². The number of aryl methyl sites for hydroxylation is 1. The molecule has 0 saturated heterocycles. The number of hydrogen-bond acceptors (Lipinski definition) is 4. The number of rotatable bonds is 4. The summed E-state index contributed by atoms with van der Waals surface area (Å²) < 4.78 is 0. The molecule has 0 radical (unpaired) electrons. The Morgan fingerprint density at radius 1 is 1.40 bits per heavy atom. The Balaban J connectivity index is 1.88. The summed E-state index contributed by atoms with van der Waals surface area (Å²) in [4.78, 5) is 8.77. The molecule has 3 rings (SSSR count). The topological polar surface area (TPSA) is 28.2 Å². The summed E-state index contributed by atoms with van der Waals surface area (Å²) in [6.45, 7) is 5.15. The second-order valence-corrected chi connectivity index (χ2v) is 6.25. The second kappa shape index (κ2) is 5.94. The number of pyridine rings is 1. The zero-order valence-electron chi connectivity index (χ0n) is 12.1. The Kier molecular flexibility index (Phi) is 4.03. The minimum atomic E-state index is 0.903. The van der Waals surface area contributed by atoms with E-state index in [0.29, 0.717) is 0 Å². The summed E-state index contributed by atoms with van der Waals surface area (Å²) in [6.07, 6.45) is 2.13. The zero-order chi connectivity index (χ0) is 13.9. The van der Waals surface area contributed by atoms with E-state index in [2.05, 4.69) is 40.7 Å². The molecule has 0 atom stereocenters. The van der Waals surface area contributed by atoms with E-state index in [1.807, 2.05) is 18.4 Å². The molecule has 1 aliphatic rings. The van der Waals surface area contributed by atoms with Crippen LogP contribution in [0.2, 0.25) is 0 Å². The highest BCUT2D eigenvalue weighted by molar-refractivity contribution is 7.10. The van der Waals surface area contributed by atoms with Crippen molar-refractivity contribution in [1.29, 1.82) is 0 Å². The summed E-state index contributed by atoms with van der Waals surface area (Å²) in [6, 6.07) is 6.69. The van der Waals surface area contributed by atoms with Gasteiger partial charge in [0.25, 0.3) is 0 Å². The molecule has 1 aliphatic heterocycles. The van der Waals surface area contributed by atoms with Gasteiger partial charge < -0.3 is 10.2 Å². The first-order valence-electron chi connectivity index (χ1n) is 7.24. The first-order chi connectivity index (χ1) is 9.80. The number of fused-ring (bicyclic) bond motifs is 1. The van der Waals surface area contributed by atoms with E-state index >= 15 is 0 Å². The van der Waals surface area contributed by atoms with Crippen LogP contribution in [0.25, 0.3) is 0 Å². The van der Waals surface area contributed by atoms with Crippen LogP contribution < -0.4 is 10.2 Å². The quantitative estimate of drug-likeness (QED) is 0.937. The van der Waals surface area contributed by atoms with Crippen molar-refractivity contribution in [3.05, 3.63) is 45.3 Å². The molecular formula is C16H21N3S. The monoisotopic (exact) mass is 287 g/mol. The van der Waals surface area contributed by atoms with E-state index in [1.54, 1.807) is 4.88 Å². The first-order valence-corrected chi connectivity index (χ1v) is 8.12. The van der Waals surface area contributed by atoms with Crippen molar-refractivity contribution in [2.24, 2.45) is 0 Å². The molecule has 0 aromatic carbocycles. The molecule has 0 amide bonds. The fraction of sp³-hybridized carbons (Fsp3) is 0.438. The Morgan fingerprint density at radius 2 is 2.30 bits per heavy atom. The van der Waals surface area contributed by atoms with Crippen molar-refractivity contribution < 1.29 is 0 Å². The van der Waals surface area contributed by atoms with Gasteiger partial charge >= 0.3 is 0 Å². The number of nitrogens with one attached hydrogen (secondary N) is 1. The minimum absolute atomic E-state index is 0.903. The normalized spacial score (nSPS) is 14.4. The van der Waals surface area contributed by atoms with Gasteiger partial charge in [-0.25, -0.2) is 4.98 Å². The number of thiophene rings is 1. The first kappa shape index (κ1) is 13.6. The molecule has 0 spiro atoms. The Hall–Kier alpha value is -1.39. The molecular weight excluding hydrogens is 266 g/mol. The van der Waals surface area contributed by atoms with Gasteiger partial charge in [-0.2, -0.15) is 0 Å². The van der Waals surface area contributed by atoms with Gasteiger partial charge in [-0.1, -0.05) is 6.92 Å². The predicted molar refractivity (Wildman–Crippen MR) is 85.5 cm³/mol. The van der Waals surface area contributed by atoms with E-state index in [9.17, 15) is 0 Å². The van der Waals surface area contributed by atoms with Crippen molar-refractivity contribution in [1.82, 2.24) is 10.3 Å². The summed E-state index contributed by atoms with van der Waals surface area (Å²) in [7, 11) is 1.99. The van der Waals surface area contributed by atoms with Gasteiger partial charge in [0, 0.05) is 30.2 Å². The number of nitrogens with zero attached hydrogens (tertiary/aromatic N) is 2. The lowest BCUT2D eigenvalue weighted by atomic mass is 10.1. The highest BCUT2D eigenvalue weighted by Crippen LogP contribution is 2.27. The van der Waals surface area contributed by atoms with E-state index in [-0.39, 0.29) is 0 Å². The Labute approximate surface area is 124 Å². The largest absolute Gasteiger partial charge is 0.352 e. The molecule has 3 heterocycles. The smallest absolute Gasteiger partial charge is 0.129 e. The highest BCUT2D eigenvalue weighted by atomic mass is 32.1. The maximum atomic E-state index is 4.82. The second-order valence-electron chi connectivity index (χ2n) is 5.25. The third-order valence-electron chi connectivity index (χ3n) is 3.80. The molecule has 0 bridgehead atoms. The summed E-state index contributed by atoms with van der Waals surface area (Å²) >= 11 is 1.88. The van der Waals surface area contributed by atoms with Crippen LogP contribution in [-0.4, -0.2) is 18.6 Å². The lowest BCUT2D eigenvalue weighted by Crippen LogP contribution is -2.30. The van der Waals surface area contributed by atoms with Crippen LogP contribution >= 0.6 is 11.3 Å². The molecule has 2 aromatic heterocycles. The van der Waals surface area contributed by atoms with E-state index in [0.717, 1.165) is 38.3 Å². The van der Waals surface area contributed by atoms with Crippen molar-refractivity contribution in [3.63, 3.8) is 0 Å². The van der Waals surface area contributed by atoms with Gasteiger partial charge in [0.1, 0.15) is 5.82 Å². The van der Waals surface area contributed by atoms with Crippen LogP contribution in [0.4, 0.5) is 5.82 Å². The standard InChI is InChI=1S/C16H21N3S/c1-3-14-8-12(10-17-2)9-16(18-14)19-6-4-15-13(11-19)5-7-20-15/h5,7-9,17H,3-4,6,10-11H2,1-2H3. The number of aromatic nitrogens is 1.